The van der Waals surface area contributed by atoms with Crippen molar-refractivity contribution in [1.29, 1.82) is 0 Å². The number of anilines is 1. The monoisotopic (exact) mass is 338 g/mol. The van der Waals surface area contributed by atoms with E-state index in [0.717, 1.165) is 35.0 Å². The van der Waals surface area contributed by atoms with Crippen molar-refractivity contribution in [3.8, 4) is 11.3 Å². The van der Waals surface area contributed by atoms with Crippen LogP contribution in [0.25, 0.3) is 22.2 Å². The molecule has 1 amide bonds. The highest BCUT2D eigenvalue weighted by Crippen LogP contribution is 2.40. The average molecular weight is 338 g/mol. The second-order valence-corrected chi connectivity index (χ2v) is 6.55. The molecule has 1 fully saturated rings. The molecule has 3 aromatic heterocycles. The zero-order valence-corrected chi connectivity index (χ0v) is 14.1. The topological polar surface area (TPSA) is 78.1 Å². The number of aryl methyl sites for hydroxylation is 2. The maximum atomic E-state index is 13.5. The van der Waals surface area contributed by atoms with Gasteiger partial charge < -0.3 is 4.74 Å². The predicted octanol–water partition coefficient (Wildman–Crippen LogP) is 1.51. The lowest BCUT2D eigenvalue weighted by atomic mass is 10.1. The summed E-state index contributed by atoms with van der Waals surface area (Å²) >= 11 is 0. The molecule has 128 valence electrons. The van der Waals surface area contributed by atoms with Crippen molar-refractivity contribution >= 4 is 22.6 Å². The number of carbonyl (C=O) groups is 1. The van der Waals surface area contributed by atoms with Gasteiger partial charge in [0.05, 0.1) is 22.7 Å². The largest absolute Gasteiger partial charge is 0.381 e. The van der Waals surface area contributed by atoms with Crippen LogP contribution in [0.5, 0.6) is 0 Å². The Bertz CT molecular complexity index is 998. The number of fused-ring (bicyclic) bond motifs is 2. The third-order valence-electron chi connectivity index (χ3n) is 5.14. The summed E-state index contributed by atoms with van der Waals surface area (Å²) in [6.45, 7) is 1.31. The summed E-state index contributed by atoms with van der Waals surface area (Å²) in [5, 5.41) is 9.90. The van der Waals surface area contributed by atoms with Crippen LogP contribution < -0.4 is 4.90 Å². The van der Waals surface area contributed by atoms with E-state index in [9.17, 15) is 4.79 Å². The van der Waals surface area contributed by atoms with E-state index in [1.165, 1.54) is 0 Å². The number of carbonyl (C=O) groups excluding carboxylic acids is 1. The first-order valence-electron chi connectivity index (χ1n) is 8.42. The van der Waals surface area contributed by atoms with Crippen molar-refractivity contribution in [2.24, 2.45) is 14.1 Å². The fraction of sp³-hybridized carbons (Fsp3) is 0.412. The minimum absolute atomic E-state index is 0.0632. The fourth-order valence-electron chi connectivity index (χ4n) is 3.92. The van der Waals surface area contributed by atoms with Gasteiger partial charge in [-0.15, -0.1) is 0 Å². The van der Waals surface area contributed by atoms with Crippen molar-refractivity contribution in [3.63, 3.8) is 0 Å². The summed E-state index contributed by atoms with van der Waals surface area (Å²) in [7, 11) is 3.70. The van der Waals surface area contributed by atoms with Gasteiger partial charge in [0.1, 0.15) is 17.2 Å². The summed E-state index contributed by atoms with van der Waals surface area (Å²) in [5.74, 6) is 0.622. The minimum Gasteiger partial charge on any atom is -0.381 e. The van der Waals surface area contributed by atoms with Gasteiger partial charge >= 0.3 is 0 Å². The van der Waals surface area contributed by atoms with E-state index < -0.39 is 0 Å². The normalized spacial score (nSPS) is 17.8. The van der Waals surface area contributed by atoms with Crippen LogP contribution in [0.1, 0.15) is 23.3 Å². The van der Waals surface area contributed by atoms with E-state index in [1.54, 1.807) is 24.1 Å². The molecule has 8 heteroatoms. The number of pyridine rings is 1. The molecule has 0 spiro atoms. The van der Waals surface area contributed by atoms with Crippen LogP contribution in [0.3, 0.4) is 0 Å². The van der Waals surface area contributed by atoms with Crippen LogP contribution in [-0.2, 0) is 18.8 Å². The first kappa shape index (κ1) is 14.6. The Kier molecular flexibility index (Phi) is 2.99. The van der Waals surface area contributed by atoms with Crippen molar-refractivity contribution in [2.45, 2.75) is 18.9 Å². The van der Waals surface area contributed by atoms with Gasteiger partial charge in [0.25, 0.3) is 5.91 Å². The molecule has 0 unspecified atom stereocenters. The molecular weight excluding hydrogens is 320 g/mol. The number of hydrogen-bond acceptors (Lipinski definition) is 5. The summed E-state index contributed by atoms with van der Waals surface area (Å²) in [5.41, 5.74) is 3.06. The first-order valence-corrected chi connectivity index (χ1v) is 8.42. The molecule has 0 N–H and O–H groups in total. The molecule has 3 aromatic rings. The van der Waals surface area contributed by atoms with Gasteiger partial charge in [0, 0.05) is 39.5 Å². The van der Waals surface area contributed by atoms with E-state index >= 15 is 0 Å². The molecule has 5 rings (SSSR count). The van der Waals surface area contributed by atoms with Crippen molar-refractivity contribution < 1.29 is 9.53 Å². The maximum Gasteiger partial charge on any atom is 0.278 e. The lowest BCUT2D eigenvalue weighted by Crippen LogP contribution is -2.44. The second kappa shape index (κ2) is 5.13. The van der Waals surface area contributed by atoms with Gasteiger partial charge in [-0.05, 0) is 18.9 Å². The molecule has 0 aliphatic carbocycles. The fourth-order valence-corrected chi connectivity index (χ4v) is 3.92. The van der Waals surface area contributed by atoms with Gasteiger partial charge in [-0.3, -0.25) is 19.1 Å². The molecule has 8 nitrogen and oxygen atoms in total. The van der Waals surface area contributed by atoms with Crippen LogP contribution in [0, 0.1) is 0 Å². The number of nitrogens with zero attached hydrogens (tertiary/aromatic N) is 6. The molecule has 0 radical (unpaired) electrons. The summed E-state index contributed by atoms with van der Waals surface area (Å²) in [6.07, 6.45) is 5.06. The van der Waals surface area contributed by atoms with Gasteiger partial charge in [-0.2, -0.15) is 10.2 Å². The number of ether oxygens (including phenoxy) is 1. The van der Waals surface area contributed by atoms with E-state index in [1.807, 2.05) is 22.7 Å². The van der Waals surface area contributed by atoms with E-state index in [0.29, 0.717) is 24.7 Å². The van der Waals surface area contributed by atoms with E-state index in [2.05, 4.69) is 15.2 Å². The van der Waals surface area contributed by atoms with Crippen molar-refractivity contribution in [3.05, 3.63) is 24.2 Å². The van der Waals surface area contributed by atoms with Gasteiger partial charge in [0.2, 0.25) is 0 Å². The molecule has 0 bridgehead atoms. The van der Waals surface area contributed by atoms with Crippen LogP contribution in [0.15, 0.2) is 18.5 Å². The first-order chi connectivity index (χ1) is 12.2. The van der Waals surface area contributed by atoms with Crippen LogP contribution in [0.4, 0.5) is 5.82 Å². The highest BCUT2D eigenvalue weighted by molar-refractivity contribution is 6.18. The zero-order chi connectivity index (χ0) is 17.1. The van der Waals surface area contributed by atoms with Gasteiger partial charge in [-0.1, -0.05) is 0 Å². The maximum absolute atomic E-state index is 13.5. The smallest absolute Gasteiger partial charge is 0.278 e. The lowest BCUT2D eigenvalue weighted by molar-refractivity contribution is 0.0768. The Morgan fingerprint density at radius 2 is 2.00 bits per heavy atom. The summed E-state index contributed by atoms with van der Waals surface area (Å²) in [4.78, 5) is 19.9. The molecule has 2 aliphatic heterocycles. The van der Waals surface area contributed by atoms with E-state index in [-0.39, 0.29) is 11.9 Å². The van der Waals surface area contributed by atoms with Crippen LogP contribution in [-0.4, -0.2) is 49.7 Å². The number of amides is 1. The van der Waals surface area contributed by atoms with Crippen LogP contribution in [0.2, 0.25) is 0 Å². The number of hydrogen-bond donors (Lipinski definition) is 0. The Morgan fingerprint density at radius 3 is 2.80 bits per heavy atom. The molecule has 1 saturated heterocycles. The second-order valence-electron chi connectivity index (χ2n) is 6.55. The predicted molar refractivity (Wildman–Crippen MR) is 91.4 cm³/mol. The number of aromatic nitrogens is 5. The third kappa shape index (κ3) is 1.91. The Labute approximate surface area is 144 Å². The molecule has 0 atom stereocenters. The molecule has 0 aromatic carbocycles. The van der Waals surface area contributed by atoms with Crippen LogP contribution >= 0.6 is 0 Å². The van der Waals surface area contributed by atoms with Crippen molar-refractivity contribution in [2.75, 3.05) is 18.1 Å². The molecular formula is C17H18N6O2. The van der Waals surface area contributed by atoms with Crippen molar-refractivity contribution in [1.82, 2.24) is 24.5 Å². The van der Waals surface area contributed by atoms with Gasteiger partial charge in [-0.25, -0.2) is 4.98 Å². The summed E-state index contributed by atoms with van der Waals surface area (Å²) < 4.78 is 8.96. The third-order valence-corrected chi connectivity index (χ3v) is 5.14. The Balaban J connectivity index is 1.85. The number of rotatable bonds is 1. The molecule has 25 heavy (non-hydrogen) atoms. The van der Waals surface area contributed by atoms with Gasteiger partial charge in [0.15, 0.2) is 0 Å². The quantitative estimate of drug-likeness (QED) is 0.672. The lowest BCUT2D eigenvalue weighted by Gasteiger charge is -2.33. The standard InChI is InChI=1S/C17H18N6O2/c1-21-12-3-6-18-16-13(12)14(20-21)11-9-19-22(2)15(11)17(24)23(16)10-4-7-25-8-5-10/h3,6,9-10H,4-5,7-8H2,1-2H3. The summed E-state index contributed by atoms with van der Waals surface area (Å²) in [6, 6.07) is 2.00. The molecule has 2 aliphatic rings. The molecule has 5 heterocycles. The highest BCUT2D eigenvalue weighted by atomic mass is 16.5. The molecule has 0 saturated carbocycles. The zero-order valence-electron chi connectivity index (χ0n) is 14.1. The highest BCUT2D eigenvalue weighted by Gasteiger charge is 2.38. The Hall–Kier alpha value is -2.74. The van der Waals surface area contributed by atoms with E-state index in [4.69, 9.17) is 4.74 Å². The Morgan fingerprint density at radius 1 is 1.20 bits per heavy atom. The minimum atomic E-state index is -0.0671. The SMILES string of the molecule is Cn1ncc2c1C(=O)N(C1CCOCC1)c1nccc3c1c-2nn3C. The average Bonchev–Trinajstić information content (AvgIpc) is 3.14.